The Morgan fingerprint density at radius 3 is 2.67 bits per heavy atom. The van der Waals surface area contributed by atoms with Gasteiger partial charge in [-0.2, -0.15) is 5.11 Å². The maximum atomic E-state index is 7.09. The molecule has 0 aliphatic heterocycles. The third-order valence-corrected chi connectivity index (χ3v) is 2.31. The zero-order valence-electron chi connectivity index (χ0n) is 9.63. The molecule has 0 aromatic carbocycles. The van der Waals surface area contributed by atoms with E-state index in [1.54, 1.807) is 0 Å². The molecule has 15 heavy (non-hydrogen) atoms. The van der Waals surface area contributed by atoms with Crippen LogP contribution in [-0.2, 0) is 4.74 Å². The summed E-state index contributed by atoms with van der Waals surface area (Å²) in [6.07, 6.45) is 5.20. The Labute approximate surface area is 90.9 Å². The van der Waals surface area contributed by atoms with Crippen molar-refractivity contribution in [1.82, 2.24) is 5.32 Å². The Morgan fingerprint density at radius 1 is 1.60 bits per heavy atom. The molecule has 84 valence electrons. The van der Waals surface area contributed by atoms with Gasteiger partial charge in [-0.15, -0.1) is 0 Å². The highest BCUT2D eigenvalue weighted by molar-refractivity contribution is 5.22. The lowest BCUT2D eigenvalue weighted by Gasteiger charge is -2.09. The summed E-state index contributed by atoms with van der Waals surface area (Å²) in [7, 11) is 1.87. The summed E-state index contributed by atoms with van der Waals surface area (Å²) in [6.45, 7) is 3.94. The Bertz CT molecular complexity index is 290. The SMILES string of the molecule is CC/C(N=N)=C(\C=C(/C)NC)OC1CC1. The predicted octanol–water partition coefficient (Wildman–Crippen LogP) is 2.94. The minimum atomic E-state index is 0.337. The van der Waals surface area contributed by atoms with E-state index >= 15 is 0 Å². The average molecular weight is 209 g/mol. The fourth-order valence-corrected chi connectivity index (χ4v) is 1.13. The van der Waals surface area contributed by atoms with Crippen molar-refractivity contribution in [1.29, 1.82) is 5.53 Å². The molecule has 1 aliphatic rings. The lowest BCUT2D eigenvalue weighted by Crippen LogP contribution is -2.04. The van der Waals surface area contributed by atoms with E-state index in [1.807, 2.05) is 27.0 Å². The molecule has 0 unspecified atom stereocenters. The fourth-order valence-electron chi connectivity index (χ4n) is 1.13. The Morgan fingerprint density at radius 2 is 2.27 bits per heavy atom. The molecule has 0 saturated heterocycles. The van der Waals surface area contributed by atoms with E-state index in [2.05, 4.69) is 10.4 Å². The van der Waals surface area contributed by atoms with Crippen molar-refractivity contribution >= 4 is 0 Å². The molecule has 1 saturated carbocycles. The molecule has 1 rings (SSSR count). The Kier molecular flexibility index (Phi) is 4.34. The Balaban J connectivity index is 2.83. The second kappa shape index (κ2) is 5.53. The summed E-state index contributed by atoms with van der Waals surface area (Å²) in [4.78, 5) is 0. The van der Waals surface area contributed by atoms with Crippen molar-refractivity contribution in [2.45, 2.75) is 39.2 Å². The third-order valence-electron chi connectivity index (χ3n) is 2.31. The largest absolute Gasteiger partial charge is 0.488 e. The van der Waals surface area contributed by atoms with Gasteiger partial charge in [0, 0.05) is 18.8 Å². The van der Waals surface area contributed by atoms with Crippen molar-refractivity contribution < 1.29 is 4.74 Å². The minimum absolute atomic E-state index is 0.337. The molecule has 0 amide bonds. The molecule has 1 aliphatic carbocycles. The van der Waals surface area contributed by atoms with Gasteiger partial charge in [-0.1, -0.05) is 6.92 Å². The van der Waals surface area contributed by atoms with Crippen LogP contribution in [0.4, 0.5) is 0 Å². The van der Waals surface area contributed by atoms with Crippen LogP contribution in [0.5, 0.6) is 0 Å². The number of nitrogens with one attached hydrogen (secondary N) is 2. The number of ether oxygens (including phenoxy) is 1. The van der Waals surface area contributed by atoms with E-state index in [4.69, 9.17) is 10.3 Å². The smallest absolute Gasteiger partial charge is 0.144 e. The third kappa shape index (κ3) is 3.73. The van der Waals surface area contributed by atoms with Crippen LogP contribution in [0.15, 0.2) is 28.3 Å². The lowest BCUT2D eigenvalue weighted by molar-refractivity contribution is 0.204. The second-order valence-electron chi connectivity index (χ2n) is 3.67. The highest BCUT2D eigenvalue weighted by atomic mass is 16.5. The highest BCUT2D eigenvalue weighted by Gasteiger charge is 2.25. The van der Waals surface area contributed by atoms with E-state index in [1.165, 1.54) is 0 Å². The maximum Gasteiger partial charge on any atom is 0.144 e. The number of nitrogens with zero attached hydrogens (tertiary/aromatic N) is 1. The van der Waals surface area contributed by atoms with Crippen molar-refractivity contribution in [2.75, 3.05) is 7.05 Å². The molecule has 2 N–H and O–H groups in total. The molecule has 4 nitrogen and oxygen atoms in total. The van der Waals surface area contributed by atoms with Crippen LogP contribution in [0.25, 0.3) is 0 Å². The molecule has 0 atom stereocenters. The second-order valence-corrected chi connectivity index (χ2v) is 3.67. The standard InChI is InChI=1S/C11H19N3O/c1-4-10(14-12)11(7-8(2)13-3)15-9-5-6-9/h7,9,12-13H,4-6H2,1-3H3/b8-7+,11-10-,14-12?. The maximum absolute atomic E-state index is 7.09. The van der Waals surface area contributed by atoms with Gasteiger partial charge in [-0.25, -0.2) is 5.53 Å². The summed E-state index contributed by atoms with van der Waals surface area (Å²) in [6, 6.07) is 0. The molecule has 4 heteroatoms. The van der Waals surface area contributed by atoms with Gasteiger partial charge in [0.2, 0.25) is 0 Å². The molecular weight excluding hydrogens is 190 g/mol. The van der Waals surface area contributed by atoms with E-state index < -0.39 is 0 Å². The van der Waals surface area contributed by atoms with Crippen LogP contribution in [0.3, 0.4) is 0 Å². The van der Waals surface area contributed by atoms with Crippen LogP contribution < -0.4 is 5.32 Å². The number of hydrogen-bond donors (Lipinski definition) is 2. The highest BCUT2D eigenvalue weighted by Crippen LogP contribution is 2.29. The van der Waals surface area contributed by atoms with E-state index in [0.29, 0.717) is 11.8 Å². The van der Waals surface area contributed by atoms with Crippen LogP contribution >= 0.6 is 0 Å². The molecule has 1 fully saturated rings. The molecule has 0 radical (unpaired) electrons. The predicted molar refractivity (Wildman–Crippen MR) is 59.4 cm³/mol. The molecule has 0 aromatic rings. The topological polar surface area (TPSA) is 57.5 Å². The van der Waals surface area contributed by atoms with Gasteiger partial charge < -0.3 is 10.1 Å². The Hall–Kier alpha value is -1.32. The summed E-state index contributed by atoms with van der Waals surface area (Å²) in [5.74, 6) is 0.738. The minimum Gasteiger partial charge on any atom is -0.488 e. The van der Waals surface area contributed by atoms with Gasteiger partial charge in [0.1, 0.15) is 11.5 Å². The van der Waals surface area contributed by atoms with Crippen LogP contribution in [0.1, 0.15) is 33.1 Å². The summed E-state index contributed by atoms with van der Waals surface area (Å²) in [5, 5.41) is 6.54. The van der Waals surface area contributed by atoms with Gasteiger partial charge in [0.05, 0.1) is 6.10 Å². The number of rotatable bonds is 6. The first kappa shape index (κ1) is 11.8. The summed E-state index contributed by atoms with van der Waals surface area (Å²) < 4.78 is 5.73. The first-order valence-corrected chi connectivity index (χ1v) is 5.34. The van der Waals surface area contributed by atoms with Crippen molar-refractivity contribution in [3.63, 3.8) is 0 Å². The van der Waals surface area contributed by atoms with E-state index in [-0.39, 0.29) is 0 Å². The van der Waals surface area contributed by atoms with Gasteiger partial charge in [-0.3, -0.25) is 0 Å². The zero-order chi connectivity index (χ0) is 11.3. The quantitative estimate of drug-likeness (QED) is 0.401. The van der Waals surface area contributed by atoms with E-state index in [9.17, 15) is 0 Å². The van der Waals surface area contributed by atoms with Crippen LogP contribution in [0, 0.1) is 5.53 Å². The van der Waals surface area contributed by atoms with Crippen LogP contribution in [0.2, 0.25) is 0 Å². The average Bonchev–Trinajstić information content (AvgIpc) is 3.03. The molecule has 0 spiro atoms. The first-order valence-electron chi connectivity index (χ1n) is 5.34. The lowest BCUT2D eigenvalue weighted by atomic mass is 10.2. The van der Waals surface area contributed by atoms with Crippen LogP contribution in [-0.4, -0.2) is 13.2 Å². The normalized spacial score (nSPS) is 18.2. The molecule has 0 heterocycles. The zero-order valence-corrected chi connectivity index (χ0v) is 9.63. The first-order chi connectivity index (χ1) is 7.21. The van der Waals surface area contributed by atoms with Crippen molar-refractivity contribution in [2.24, 2.45) is 5.11 Å². The molecule has 0 aromatic heterocycles. The molecule has 0 bridgehead atoms. The van der Waals surface area contributed by atoms with Crippen molar-refractivity contribution in [3.05, 3.63) is 23.2 Å². The van der Waals surface area contributed by atoms with E-state index in [0.717, 1.165) is 30.7 Å². The number of hydrogen-bond acceptors (Lipinski definition) is 4. The molecular formula is C11H19N3O. The van der Waals surface area contributed by atoms with Gasteiger partial charge in [0.25, 0.3) is 0 Å². The van der Waals surface area contributed by atoms with Gasteiger partial charge in [0.15, 0.2) is 0 Å². The number of allylic oxidation sites excluding steroid dienone is 3. The monoisotopic (exact) mass is 209 g/mol. The summed E-state index contributed by atoms with van der Waals surface area (Å²) >= 11 is 0. The fraction of sp³-hybridized carbons (Fsp3) is 0.636. The van der Waals surface area contributed by atoms with Gasteiger partial charge in [-0.05, 0) is 26.2 Å². The van der Waals surface area contributed by atoms with Gasteiger partial charge >= 0.3 is 0 Å². The van der Waals surface area contributed by atoms with Crippen molar-refractivity contribution in [3.8, 4) is 0 Å². The summed E-state index contributed by atoms with van der Waals surface area (Å²) in [5.41, 5.74) is 8.81.